The number of methoxy groups -OCH3 is 1. The highest BCUT2D eigenvalue weighted by molar-refractivity contribution is 6.28. The first-order valence-electron chi connectivity index (χ1n) is 5.53. The van der Waals surface area contributed by atoms with E-state index in [0.29, 0.717) is 25.0 Å². The van der Waals surface area contributed by atoms with E-state index >= 15 is 0 Å². The van der Waals surface area contributed by atoms with Crippen LogP contribution in [-0.2, 0) is 4.74 Å². The van der Waals surface area contributed by atoms with Gasteiger partial charge in [-0.25, -0.2) is 0 Å². The Morgan fingerprint density at radius 2 is 2.12 bits per heavy atom. The predicted octanol–water partition coefficient (Wildman–Crippen LogP) is 1.43. The standard InChI is InChI=1S/C10H18ClN5O/c1-4-5-12-9-13-8(11)14-10(15-9)16(2)6-7-17-3/h4-7H2,1-3H3,(H,12,13,14,15). The molecule has 0 aliphatic carbocycles. The molecule has 6 nitrogen and oxygen atoms in total. The molecule has 0 aliphatic heterocycles. The Kier molecular flexibility index (Phi) is 5.93. The normalized spacial score (nSPS) is 10.4. The second-order valence-electron chi connectivity index (χ2n) is 3.57. The first-order chi connectivity index (χ1) is 8.17. The lowest BCUT2D eigenvalue weighted by molar-refractivity contribution is 0.206. The number of ether oxygens (including phenoxy) is 1. The molecule has 0 atom stereocenters. The summed E-state index contributed by atoms with van der Waals surface area (Å²) in [6, 6.07) is 0. The maximum absolute atomic E-state index is 5.85. The zero-order chi connectivity index (χ0) is 12.7. The van der Waals surface area contributed by atoms with Crippen LogP contribution in [0.3, 0.4) is 0 Å². The first-order valence-corrected chi connectivity index (χ1v) is 5.90. The Balaban J connectivity index is 2.73. The molecule has 7 heteroatoms. The van der Waals surface area contributed by atoms with E-state index < -0.39 is 0 Å². The predicted molar refractivity (Wildman–Crippen MR) is 68.8 cm³/mol. The summed E-state index contributed by atoms with van der Waals surface area (Å²) in [7, 11) is 3.54. The van der Waals surface area contributed by atoms with Gasteiger partial charge in [0.25, 0.3) is 0 Å². The van der Waals surface area contributed by atoms with E-state index in [-0.39, 0.29) is 5.28 Å². The largest absolute Gasteiger partial charge is 0.383 e. The van der Waals surface area contributed by atoms with Crippen molar-refractivity contribution in [3.05, 3.63) is 5.28 Å². The minimum atomic E-state index is 0.192. The van der Waals surface area contributed by atoms with E-state index in [0.717, 1.165) is 13.0 Å². The van der Waals surface area contributed by atoms with E-state index in [9.17, 15) is 0 Å². The summed E-state index contributed by atoms with van der Waals surface area (Å²) in [5.41, 5.74) is 0. The quantitative estimate of drug-likeness (QED) is 0.799. The molecule has 0 saturated carbocycles. The van der Waals surface area contributed by atoms with Gasteiger partial charge in [-0.15, -0.1) is 0 Å². The molecule has 96 valence electrons. The van der Waals surface area contributed by atoms with Crippen LogP contribution in [0, 0.1) is 0 Å². The van der Waals surface area contributed by atoms with Crippen molar-refractivity contribution in [3.8, 4) is 0 Å². The van der Waals surface area contributed by atoms with E-state index in [2.05, 4.69) is 27.2 Å². The molecule has 0 bridgehead atoms. The van der Waals surface area contributed by atoms with Gasteiger partial charge in [-0.1, -0.05) is 6.92 Å². The highest BCUT2D eigenvalue weighted by Gasteiger charge is 2.08. The molecule has 1 rings (SSSR count). The number of likely N-dealkylation sites (N-methyl/N-ethyl adjacent to an activating group) is 1. The minimum absolute atomic E-state index is 0.192. The summed E-state index contributed by atoms with van der Waals surface area (Å²) < 4.78 is 5.00. The van der Waals surface area contributed by atoms with Crippen molar-refractivity contribution in [2.75, 3.05) is 44.1 Å². The third kappa shape index (κ3) is 4.70. The van der Waals surface area contributed by atoms with Crippen LogP contribution >= 0.6 is 11.6 Å². The molecular formula is C10H18ClN5O. The average molecular weight is 260 g/mol. The fraction of sp³-hybridized carbons (Fsp3) is 0.700. The van der Waals surface area contributed by atoms with Gasteiger partial charge in [0.2, 0.25) is 17.2 Å². The number of nitrogens with zero attached hydrogens (tertiary/aromatic N) is 4. The molecule has 0 saturated heterocycles. The highest BCUT2D eigenvalue weighted by Crippen LogP contribution is 2.12. The molecule has 1 heterocycles. The van der Waals surface area contributed by atoms with Gasteiger partial charge in [0.15, 0.2) is 0 Å². The van der Waals surface area contributed by atoms with E-state index in [4.69, 9.17) is 16.3 Å². The maximum Gasteiger partial charge on any atom is 0.231 e. The summed E-state index contributed by atoms with van der Waals surface area (Å²) in [6.07, 6.45) is 0.998. The van der Waals surface area contributed by atoms with Gasteiger partial charge in [0.05, 0.1) is 6.61 Å². The zero-order valence-corrected chi connectivity index (χ0v) is 11.2. The van der Waals surface area contributed by atoms with Crippen LogP contribution in [0.4, 0.5) is 11.9 Å². The molecule has 0 spiro atoms. The van der Waals surface area contributed by atoms with E-state index in [1.165, 1.54) is 0 Å². The molecular weight excluding hydrogens is 242 g/mol. The second-order valence-corrected chi connectivity index (χ2v) is 3.91. The van der Waals surface area contributed by atoms with Crippen molar-refractivity contribution in [2.24, 2.45) is 0 Å². The van der Waals surface area contributed by atoms with Crippen molar-refractivity contribution >= 4 is 23.5 Å². The van der Waals surface area contributed by atoms with E-state index in [1.54, 1.807) is 7.11 Å². The Hall–Kier alpha value is -1.14. The maximum atomic E-state index is 5.85. The summed E-state index contributed by atoms with van der Waals surface area (Å²) in [5, 5.41) is 3.27. The topological polar surface area (TPSA) is 63.2 Å². The Morgan fingerprint density at radius 1 is 1.35 bits per heavy atom. The lowest BCUT2D eigenvalue weighted by Gasteiger charge is -2.16. The number of anilines is 2. The van der Waals surface area contributed by atoms with Crippen LogP contribution in [0.15, 0.2) is 0 Å². The Labute approximate surface area is 106 Å². The van der Waals surface area contributed by atoms with E-state index in [1.807, 2.05) is 11.9 Å². The molecule has 0 fully saturated rings. The molecule has 0 radical (unpaired) electrons. The smallest absolute Gasteiger partial charge is 0.231 e. The van der Waals surface area contributed by atoms with Gasteiger partial charge in [0.1, 0.15) is 0 Å². The fourth-order valence-electron chi connectivity index (χ4n) is 1.15. The third-order valence-electron chi connectivity index (χ3n) is 2.10. The summed E-state index contributed by atoms with van der Waals surface area (Å²) in [4.78, 5) is 14.2. The lowest BCUT2D eigenvalue weighted by atomic mass is 10.5. The van der Waals surface area contributed by atoms with Gasteiger partial charge in [-0.3, -0.25) is 0 Å². The summed E-state index contributed by atoms with van der Waals surface area (Å²) in [6.45, 7) is 4.19. The zero-order valence-electron chi connectivity index (χ0n) is 10.4. The lowest BCUT2D eigenvalue weighted by Crippen LogP contribution is -2.25. The van der Waals surface area contributed by atoms with Crippen molar-refractivity contribution < 1.29 is 4.74 Å². The number of rotatable bonds is 7. The van der Waals surface area contributed by atoms with Crippen molar-refractivity contribution in [3.63, 3.8) is 0 Å². The van der Waals surface area contributed by atoms with Crippen LogP contribution in [0.25, 0.3) is 0 Å². The minimum Gasteiger partial charge on any atom is -0.383 e. The van der Waals surface area contributed by atoms with Crippen LogP contribution in [-0.4, -0.2) is 48.8 Å². The number of aromatic nitrogens is 3. The molecule has 0 aromatic carbocycles. The summed E-state index contributed by atoms with van der Waals surface area (Å²) >= 11 is 5.85. The Morgan fingerprint density at radius 3 is 2.76 bits per heavy atom. The molecule has 0 aliphatic rings. The van der Waals surface area contributed by atoms with Crippen LogP contribution in [0.1, 0.15) is 13.3 Å². The highest BCUT2D eigenvalue weighted by atomic mass is 35.5. The molecule has 1 aromatic rings. The number of hydrogen-bond donors (Lipinski definition) is 1. The molecule has 1 N–H and O–H groups in total. The van der Waals surface area contributed by atoms with Crippen molar-refractivity contribution in [1.29, 1.82) is 0 Å². The second kappa shape index (κ2) is 7.24. The van der Waals surface area contributed by atoms with Gasteiger partial charge in [-0.05, 0) is 18.0 Å². The molecule has 0 amide bonds. The molecule has 17 heavy (non-hydrogen) atoms. The SMILES string of the molecule is CCCNc1nc(Cl)nc(N(C)CCOC)n1. The van der Waals surface area contributed by atoms with Gasteiger partial charge < -0.3 is 15.0 Å². The number of nitrogens with one attached hydrogen (secondary N) is 1. The first kappa shape index (κ1) is 13.9. The molecule has 1 aromatic heterocycles. The van der Waals surface area contributed by atoms with Crippen LogP contribution in [0.2, 0.25) is 5.28 Å². The van der Waals surface area contributed by atoms with Crippen molar-refractivity contribution in [2.45, 2.75) is 13.3 Å². The van der Waals surface area contributed by atoms with Crippen molar-refractivity contribution in [1.82, 2.24) is 15.0 Å². The average Bonchev–Trinajstić information content (AvgIpc) is 2.32. The third-order valence-corrected chi connectivity index (χ3v) is 2.27. The number of hydrogen-bond acceptors (Lipinski definition) is 6. The fourth-order valence-corrected chi connectivity index (χ4v) is 1.31. The number of halogens is 1. The van der Waals surface area contributed by atoms with Gasteiger partial charge in [-0.2, -0.15) is 15.0 Å². The molecule has 0 unspecified atom stereocenters. The monoisotopic (exact) mass is 259 g/mol. The summed E-state index contributed by atoms with van der Waals surface area (Å²) in [5.74, 6) is 1.05. The van der Waals surface area contributed by atoms with Gasteiger partial charge >= 0.3 is 0 Å². The van der Waals surface area contributed by atoms with Crippen LogP contribution < -0.4 is 10.2 Å². The Bertz CT molecular complexity index is 349. The van der Waals surface area contributed by atoms with Crippen LogP contribution in [0.5, 0.6) is 0 Å². The van der Waals surface area contributed by atoms with Gasteiger partial charge in [0, 0.05) is 27.2 Å².